The van der Waals surface area contributed by atoms with Crippen LogP contribution >= 0.6 is 0 Å². The van der Waals surface area contributed by atoms with E-state index in [1.807, 2.05) is 19.1 Å². The van der Waals surface area contributed by atoms with Crippen molar-refractivity contribution in [3.63, 3.8) is 0 Å². The van der Waals surface area contributed by atoms with Crippen molar-refractivity contribution in [2.45, 2.75) is 18.4 Å². The second kappa shape index (κ2) is 4.11. The first-order chi connectivity index (χ1) is 9.04. The molecule has 0 bridgehead atoms. The van der Waals surface area contributed by atoms with Gasteiger partial charge in [-0.3, -0.25) is 4.79 Å². The standard InChI is InChI=1S/C13H15NO5/c1-7-2-9-10(19-6-18-9)3-8(7)13(4-17-5-13)11(14)12(15)16/h2-3,11H,4-6,14H2,1H3,(H,15,16). The molecular weight excluding hydrogens is 250 g/mol. The zero-order chi connectivity index (χ0) is 13.6. The number of hydrogen-bond acceptors (Lipinski definition) is 5. The molecule has 6 nitrogen and oxygen atoms in total. The van der Waals surface area contributed by atoms with E-state index in [0.717, 1.165) is 11.1 Å². The fourth-order valence-corrected chi connectivity index (χ4v) is 2.64. The molecule has 19 heavy (non-hydrogen) atoms. The van der Waals surface area contributed by atoms with Crippen LogP contribution in [-0.4, -0.2) is 37.1 Å². The Morgan fingerprint density at radius 3 is 2.53 bits per heavy atom. The van der Waals surface area contributed by atoms with E-state index in [1.165, 1.54) is 0 Å². The minimum absolute atomic E-state index is 0.187. The molecule has 0 radical (unpaired) electrons. The number of nitrogens with two attached hydrogens (primary N) is 1. The molecule has 2 aliphatic heterocycles. The van der Waals surface area contributed by atoms with E-state index in [9.17, 15) is 9.90 Å². The number of carboxylic acid groups (broad SMARTS) is 1. The largest absolute Gasteiger partial charge is 0.480 e. The molecule has 2 aliphatic rings. The minimum Gasteiger partial charge on any atom is -0.480 e. The quantitative estimate of drug-likeness (QED) is 0.822. The lowest BCUT2D eigenvalue weighted by atomic mass is 9.71. The van der Waals surface area contributed by atoms with Crippen LogP contribution in [0.5, 0.6) is 11.5 Å². The van der Waals surface area contributed by atoms with Crippen molar-refractivity contribution in [3.05, 3.63) is 23.3 Å². The first-order valence-corrected chi connectivity index (χ1v) is 6.01. The second-order valence-electron chi connectivity index (χ2n) is 4.99. The summed E-state index contributed by atoms with van der Waals surface area (Å²) in [6, 6.07) is 2.68. The lowest BCUT2D eigenvalue weighted by molar-refractivity contribution is -0.148. The number of carbonyl (C=O) groups is 1. The van der Waals surface area contributed by atoms with Crippen molar-refractivity contribution in [3.8, 4) is 11.5 Å². The Labute approximate surface area is 110 Å². The smallest absolute Gasteiger partial charge is 0.321 e. The number of fused-ring (bicyclic) bond motifs is 1. The van der Waals surface area contributed by atoms with Crippen molar-refractivity contribution in [2.24, 2.45) is 5.73 Å². The van der Waals surface area contributed by atoms with E-state index in [2.05, 4.69) is 0 Å². The summed E-state index contributed by atoms with van der Waals surface area (Å²) in [6.07, 6.45) is 0. The van der Waals surface area contributed by atoms with Gasteiger partial charge in [-0.25, -0.2) is 0 Å². The zero-order valence-electron chi connectivity index (χ0n) is 10.5. The van der Waals surface area contributed by atoms with Gasteiger partial charge in [-0.05, 0) is 30.2 Å². The summed E-state index contributed by atoms with van der Waals surface area (Å²) >= 11 is 0. The predicted molar refractivity (Wildman–Crippen MR) is 65.4 cm³/mol. The van der Waals surface area contributed by atoms with Gasteiger partial charge >= 0.3 is 5.97 Å². The molecule has 0 aromatic heterocycles. The summed E-state index contributed by atoms with van der Waals surface area (Å²) in [5.74, 6) is 0.283. The van der Waals surface area contributed by atoms with Crippen LogP contribution in [0.25, 0.3) is 0 Å². The molecule has 0 spiro atoms. The molecule has 1 fully saturated rings. The van der Waals surface area contributed by atoms with Crippen molar-refractivity contribution < 1.29 is 24.1 Å². The third-order valence-electron chi connectivity index (χ3n) is 3.84. The van der Waals surface area contributed by atoms with Gasteiger partial charge in [-0.2, -0.15) is 0 Å². The second-order valence-corrected chi connectivity index (χ2v) is 4.99. The maximum absolute atomic E-state index is 11.2. The molecule has 1 aromatic rings. The molecule has 0 saturated carbocycles. The summed E-state index contributed by atoms with van der Waals surface area (Å²) in [7, 11) is 0. The number of hydrogen-bond donors (Lipinski definition) is 2. The molecule has 1 saturated heterocycles. The molecule has 2 heterocycles. The lowest BCUT2D eigenvalue weighted by Gasteiger charge is -2.45. The molecule has 1 unspecified atom stereocenters. The highest BCUT2D eigenvalue weighted by atomic mass is 16.7. The van der Waals surface area contributed by atoms with Crippen LogP contribution in [0.2, 0.25) is 0 Å². The average molecular weight is 265 g/mol. The Hall–Kier alpha value is -1.79. The topological polar surface area (TPSA) is 91.0 Å². The van der Waals surface area contributed by atoms with Crippen LogP contribution in [0, 0.1) is 6.92 Å². The molecule has 3 rings (SSSR count). The van der Waals surface area contributed by atoms with Crippen molar-refractivity contribution in [2.75, 3.05) is 20.0 Å². The molecule has 102 valence electrons. The van der Waals surface area contributed by atoms with Gasteiger partial charge in [0.15, 0.2) is 11.5 Å². The van der Waals surface area contributed by atoms with Gasteiger partial charge in [0.05, 0.1) is 18.6 Å². The SMILES string of the molecule is Cc1cc2c(cc1C1(C(N)C(=O)O)COC1)OCO2. The molecule has 6 heteroatoms. The Balaban J connectivity index is 2.07. The van der Waals surface area contributed by atoms with Crippen LogP contribution < -0.4 is 15.2 Å². The molecule has 3 N–H and O–H groups in total. The summed E-state index contributed by atoms with van der Waals surface area (Å²) in [5, 5.41) is 9.19. The van der Waals surface area contributed by atoms with E-state index in [4.69, 9.17) is 19.9 Å². The predicted octanol–water partition coefficient (Wildman–Crippen LogP) is 0.404. The Morgan fingerprint density at radius 2 is 2.00 bits per heavy atom. The Bertz CT molecular complexity index is 538. The third-order valence-corrected chi connectivity index (χ3v) is 3.84. The van der Waals surface area contributed by atoms with Gasteiger partial charge in [0, 0.05) is 0 Å². The van der Waals surface area contributed by atoms with Crippen molar-refractivity contribution >= 4 is 5.97 Å². The van der Waals surface area contributed by atoms with E-state index >= 15 is 0 Å². The number of aryl methyl sites for hydroxylation is 1. The van der Waals surface area contributed by atoms with Crippen LogP contribution in [0.3, 0.4) is 0 Å². The Kier molecular flexibility index (Phi) is 2.65. The molecule has 0 amide bonds. The number of benzene rings is 1. The average Bonchev–Trinajstić information content (AvgIpc) is 2.74. The summed E-state index contributed by atoms with van der Waals surface area (Å²) in [5.41, 5.74) is 6.96. The van der Waals surface area contributed by atoms with E-state index in [0.29, 0.717) is 24.7 Å². The molecule has 1 atom stereocenters. The third kappa shape index (κ3) is 1.67. The van der Waals surface area contributed by atoms with Crippen LogP contribution in [0.15, 0.2) is 12.1 Å². The van der Waals surface area contributed by atoms with Crippen molar-refractivity contribution in [1.82, 2.24) is 0 Å². The fourth-order valence-electron chi connectivity index (χ4n) is 2.64. The monoisotopic (exact) mass is 265 g/mol. The minimum atomic E-state index is -1.03. The van der Waals surface area contributed by atoms with Gasteiger partial charge in [-0.1, -0.05) is 0 Å². The Morgan fingerprint density at radius 1 is 1.37 bits per heavy atom. The fraction of sp³-hybridized carbons (Fsp3) is 0.462. The first-order valence-electron chi connectivity index (χ1n) is 6.01. The maximum Gasteiger partial charge on any atom is 0.321 e. The van der Waals surface area contributed by atoms with Gasteiger partial charge in [-0.15, -0.1) is 0 Å². The summed E-state index contributed by atoms with van der Waals surface area (Å²) in [6.45, 7) is 2.71. The zero-order valence-corrected chi connectivity index (χ0v) is 10.5. The van der Waals surface area contributed by atoms with E-state index in [-0.39, 0.29) is 6.79 Å². The van der Waals surface area contributed by atoms with Crippen molar-refractivity contribution in [1.29, 1.82) is 0 Å². The normalized spacial score (nSPS) is 20.7. The van der Waals surface area contributed by atoms with Crippen LogP contribution in [-0.2, 0) is 14.9 Å². The maximum atomic E-state index is 11.2. The van der Waals surface area contributed by atoms with Crippen LogP contribution in [0.1, 0.15) is 11.1 Å². The first kappa shape index (κ1) is 12.3. The highest BCUT2D eigenvalue weighted by Crippen LogP contribution is 2.43. The molecule has 0 aliphatic carbocycles. The number of aliphatic carboxylic acids is 1. The number of carboxylic acids is 1. The van der Waals surface area contributed by atoms with Gasteiger partial charge in [0.1, 0.15) is 6.04 Å². The summed E-state index contributed by atoms with van der Waals surface area (Å²) < 4.78 is 15.9. The molecule has 1 aromatic carbocycles. The van der Waals surface area contributed by atoms with E-state index in [1.54, 1.807) is 0 Å². The highest BCUT2D eigenvalue weighted by Gasteiger charge is 2.50. The van der Waals surface area contributed by atoms with Gasteiger partial charge in [0.2, 0.25) is 6.79 Å². The van der Waals surface area contributed by atoms with Crippen LogP contribution in [0.4, 0.5) is 0 Å². The number of rotatable bonds is 3. The lowest BCUT2D eigenvalue weighted by Crippen LogP contribution is -2.62. The van der Waals surface area contributed by atoms with Gasteiger partial charge < -0.3 is 25.1 Å². The van der Waals surface area contributed by atoms with E-state index < -0.39 is 17.4 Å². The highest BCUT2D eigenvalue weighted by molar-refractivity contribution is 5.76. The molecular formula is C13H15NO5. The van der Waals surface area contributed by atoms with Gasteiger partial charge in [0.25, 0.3) is 0 Å². The summed E-state index contributed by atoms with van der Waals surface area (Å²) in [4.78, 5) is 11.2. The number of ether oxygens (including phenoxy) is 3.